The van der Waals surface area contributed by atoms with Crippen LogP contribution in [0.15, 0.2) is 6.08 Å². The summed E-state index contributed by atoms with van der Waals surface area (Å²) in [6.45, 7) is 6.90. The van der Waals surface area contributed by atoms with Crippen molar-refractivity contribution in [2.45, 2.75) is 13.3 Å². The van der Waals surface area contributed by atoms with Crippen molar-refractivity contribution in [2.24, 2.45) is 0 Å². The Hall–Kier alpha value is 1.38. The minimum absolute atomic E-state index is 0. The molecular formula is C4H7K. The quantitative estimate of drug-likeness (QED) is 0.271. The molecule has 0 aliphatic heterocycles. The predicted octanol–water partition coefficient (Wildman–Crippen LogP) is -1.61. The van der Waals surface area contributed by atoms with Gasteiger partial charge in [-0.3, -0.25) is 6.08 Å². The fraction of sp³-hybridized carbons (Fsp3) is 0.500. The Morgan fingerprint density at radius 3 is 2.00 bits per heavy atom. The molecule has 0 radical (unpaired) electrons. The summed E-state index contributed by atoms with van der Waals surface area (Å²) >= 11 is 0. The van der Waals surface area contributed by atoms with Crippen molar-refractivity contribution in [3.8, 4) is 0 Å². The van der Waals surface area contributed by atoms with Gasteiger partial charge in [-0.05, 0) is 0 Å². The van der Waals surface area contributed by atoms with Crippen molar-refractivity contribution in [1.82, 2.24) is 0 Å². The van der Waals surface area contributed by atoms with E-state index >= 15 is 0 Å². The zero-order valence-corrected chi connectivity index (χ0v) is 6.98. The second kappa shape index (κ2) is 9.03. The summed E-state index contributed by atoms with van der Waals surface area (Å²) in [6, 6.07) is 0. The zero-order valence-electron chi connectivity index (χ0n) is 3.86. The molecule has 5 heavy (non-hydrogen) atoms. The molecule has 0 fully saturated rings. The Labute approximate surface area is 76.1 Å². The van der Waals surface area contributed by atoms with Gasteiger partial charge in [-0.2, -0.15) is 0 Å². The molecule has 0 N–H and O–H groups in total. The molecule has 0 bridgehead atoms. The predicted molar refractivity (Wildman–Crippen MR) is 19.2 cm³/mol. The molecule has 0 aliphatic rings. The van der Waals surface area contributed by atoms with E-state index in [0.29, 0.717) is 0 Å². The van der Waals surface area contributed by atoms with E-state index in [9.17, 15) is 0 Å². The first-order valence-electron chi connectivity index (χ1n) is 1.45. The van der Waals surface area contributed by atoms with Gasteiger partial charge < -0.3 is 6.58 Å². The van der Waals surface area contributed by atoms with Crippen molar-refractivity contribution in [2.75, 3.05) is 0 Å². The molecule has 0 heterocycles. The van der Waals surface area contributed by atoms with Crippen LogP contribution in [0.1, 0.15) is 13.3 Å². The Kier molecular flexibility index (Phi) is 17.4. The molecule has 0 rings (SSSR count). The first-order chi connectivity index (χ1) is 1.91. The van der Waals surface area contributed by atoms with Crippen LogP contribution >= 0.6 is 0 Å². The first-order valence-corrected chi connectivity index (χ1v) is 1.45. The first kappa shape index (κ1) is 9.62. The number of allylic oxidation sites excluding steroid dienone is 1. The third-order valence-electron chi connectivity index (χ3n) is 0.236. The van der Waals surface area contributed by atoms with Crippen molar-refractivity contribution >= 4 is 0 Å². The van der Waals surface area contributed by atoms with Crippen LogP contribution in [0.3, 0.4) is 0 Å². The SMILES string of the molecule is [CH-]=CCC.[K+]. The molecule has 0 saturated carbocycles. The van der Waals surface area contributed by atoms with Crippen molar-refractivity contribution in [3.63, 3.8) is 0 Å². The molecule has 0 aromatic carbocycles. The third kappa shape index (κ3) is 10.9. The van der Waals surface area contributed by atoms with E-state index in [2.05, 4.69) is 0 Å². The molecule has 1 heteroatoms. The molecule has 0 aromatic heterocycles. The van der Waals surface area contributed by atoms with Gasteiger partial charge in [-0.1, -0.05) is 13.3 Å². The van der Waals surface area contributed by atoms with Crippen LogP contribution in [-0.4, -0.2) is 0 Å². The second-order valence-electron chi connectivity index (χ2n) is 0.644. The van der Waals surface area contributed by atoms with Gasteiger partial charge in [0.2, 0.25) is 0 Å². The van der Waals surface area contributed by atoms with Gasteiger partial charge in [0, 0.05) is 0 Å². The van der Waals surface area contributed by atoms with Crippen LogP contribution in [0.5, 0.6) is 0 Å². The van der Waals surface area contributed by atoms with Gasteiger partial charge in [0.05, 0.1) is 0 Å². The number of hydrogen-bond donors (Lipinski definition) is 0. The largest absolute Gasteiger partial charge is 1.00 e. The smallest absolute Gasteiger partial charge is 0.518 e. The van der Waals surface area contributed by atoms with Crippen molar-refractivity contribution in [3.05, 3.63) is 12.7 Å². The number of hydrogen-bond acceptors (Lipinski definition) is 0. The Balaban J connectivity index is 0. The van der Waals surface area contributed by atoms with Crippen molar-refractivity contribution in [1.29, 1.82) is 0 Å². The van der Waals surface area contributed by atoms with Crippen LogP contribution in [0, 0.1) is 6.58 Å². The maximum Gasteiger partial charge on any atom is 1.00 e. The maximum atomic E-state index is 4.90. The zero-order chi connectivity index (χ0) is 3.41. The molecule has 0 spiro atoms. The maximum absolute atomic E-state index is 4.90. The van der Waals surface area contributed by atoms with E-state index in [0.717, 1.165) is 6.42 Å². The van der Waals surface area contributed by atoms with Gasteiger partial charge in [-0.25, -0.2) is 0 Å². The molecule has 0 aliphatic carbocycles. The standard InChI is InChI=1S/C4H7.K/c1-3-4-2;/h1,3H,4H2,2H3;/q-1;+1. The molecule has 24 valence electrons. The molecule has 0 nitrogen and oxygen atoms in total. The van der Waals surface area contributed by atoms with Gasteiger partial charge in [-0.15, -0.1) is 0 Å². The van der Waals surface area contributed by atoms with Crippen LogP contribution < -0.4 is 51.4 Å². The molecule has 0 unspecified atom stereocenters. The minimum Gasteiger partial charge on any atom is -0.518 e. The van der Waals surface area contributed by atoms with Gasteiger partial charge in [0.1, 0.15) is 0 Å². The fourth-order valence-corrected chi connectivity index (χ4v) is 0. The number of rotatable bonds is 1. The van der Waals surface area contributed by atoms with Gasteiger partial charge >= 0.3 is 51.4 Å². The molecule has 0 aromatic rings. The fourth-order valence-electron chi connectivity index (χ4n) is 0. The monoisotopic (exact) mass is 94.0 g/mol. The Bertz CT molecular complexity index is 17.6. The molecule has 0 atom stereocenters. The average Bonchev–Trinajstić information content (AvgIpc) is 1.37. The molecular weight excluding hydrogens is 87.1 g/mol. The summed E-state index contributed by atoms with van der Waals surface area (Å²) in [4.78, 5) is 0. The third-order valence-corrected chi connectivity index (χ3v) is 0.236. The summed E-state index contributed by atoms with van der Waals surface area (Å²) in [6.07, 6.45) is 2.60. The van der Waals surface area contributed by atoms with Gasteiger partial charge in [0.15, 0.2) is 0 Å². The Morgan fingerprint density at radius 1 is 1.80 bits per heavy atom. The average molecular weight is 94.2 g/mol. The van der Waals surface area contributed by atoms with E-state index in [1.54, 1.807) is 6.08 Å². The Morgan fingerprint density at radius 2 is 2.00 bits per heavy atom. The van der Waals surface area contributed by atoms with E-state index in [1.807, 2.05) is 6.92 Å². The summed E-state index contributed by atoms with van der Waals surface area (Å²) in [7, 11) is 0. The second-order valence-corrected chi connectivity index (χ2v) is 0.644. The van der Waals surface area contributed by atoms with E-state index in [1.165, 1.54) is 0 Å². The topological polar surface area (TPSA) is 0 Å². The summed E-state index contributed by atoms with van der Waals surface area (Å²) in [5, 5.41) is 0. The summed E-state index contributed by atoms with van der Waals surface area (Å²) in [5.74, 6) is 0. The summed E-state index contributed by atoms with van der Waals surface area (Å²) < 4.78 is 0. The molecule has 0 saturated heterocycles. The summed E-state index contributed by atoms with van der Waals surface area (Å²) in [5.41, 5.74) is 0. The van der Waals surface area contributed by atoms with E-state index < -0.39 is 0 Å². The van der Waals surface area contributed by atoms with E-state index in [4.69, 9.17) is 6.58 Å². The minimum atomic E-state index is 0. The van der Waals surface area contributed by atoms with Gasteiger partial charge in [0.25, 0.3) is 0 Å². The van der Waals surface area contributed by atoms with Crippen LogP contribution in [-0.2, 0) is 0 Å². The van der Waals surface area contributed by atoms with Crippen LogP contribution in [0.2, 0.25) is 0 Å². The van der Waals surface area contributed by atoms with Crippen LogP contribution in [0.25, 0.3) is 0 Å². The normalized spacial score (nSPS) is 5.00. The van der Waals surface area contributed by atoms with Crippen LogP contribution in [0.4, 0.5) is 0 Å². The van der Waals surface area contributed by atoms with Crippen molar-refractivity contribution < 1.29 is 51.4 Å². The van der Waals surface area contributed by atoms with E-state index in [-0.39, 0.29) is 51.4 Å². The molecule has 0 amide bonds.